The summed E-state index contributed by atoms with van der Waals surface area (Å²) in [5, 5.41) is 10.2. The molecule has 0 unspecified atom stereocenters. The Kier molecular flexibility index (Phi) is 5.23. The molecular weight excluding hydrogens is 436 g/mol. The van der Waals surface area contributed by atoms with Crippen molar-refractivity contribution in [3.63, 3.8) is 0 Å². The Hall–Kier alpha value is -3.31. The number of thiazole rings is 1. The Morgan fingerprint density at radius 2 is 1.84 bits per heavy atom. The quantitative estimate of drug-likeness (QED) is 0.475. The zero-order chi connectivity index (χ0) is 22.3. The van der Waals surface area contributed by atoms with E-state index in [0.717, 1.165) is 28.6 Å². The van der Waals surface area contributed by atoms with Gasteiger partial charge in [-0.05, 0) is 32.0 Å². The number of aromatic nitrogens is 4. The van der Waals surface area contributed by atoms with E-state index in [2.05, 4.69) is 25.1 Å². The molecule has 3 aromatic heterocycles. The van der Waals surface area contributed by atoms with Crippen LogP contribution in [0.1, 0.15) is 21.7 Å². The van der Waals surface area contributed by atoms with Crippen molar-refractivity contribution in [3.05, 3.63) is 52.7 Å². The van der Waals surface area contributed by atoms with Crippen molar-refractivity contribution < 1.29 is 13.2 Å². The standard InChI is InChI=1S/C20H20N6O3S2/c1-11-9-15(17-12(2)24-26(3)18(17)21-11)19(27)23-20-22-16(10-30-20)13-5-7-14(8-6-13)25-31(4,28)29/h5-10,25H,1-4H3,(H,22,23,27). The van der Waals surface area contributed by atoms with Crippen LogP contribution in [0, 0.1) is 13.8 Å². The van der Waals surface area contributed by atoms with Gasteiger partial charge in [-0.1, -0.05) is 12.1 Å². The Labute approximate surface area is 183 Å². The fourth-order valence-electron chi connectivity index (χ4n) is 3.30. The van der Waals surface area contributed by atoms with Crippen LogP contribution < -0.4 is 10.0 Å². The van der Waals surface area contributed by atoms with E-state index in [9.17, 15) is 13.2 Å². The predicted octanol–water partition coefficient (Wildman–Crippen LogP) is 3.33. The van der Waals surface area contributed by atoms with Gasteiger partial charge in [0.15, 0.2) is 10.8 Å². The maximum absolute atomic E-state index is 13.0. The number of nitrogens with zero attached hydrogens (tertiary/aromatic N) is 4. The fourth-order valence-corrected chi connectivity index (χ4v) is 4.58. The molecule has 0 atom stereocenters. The summed E-state index contributed by atoms with van der Waals surface area (Å²) in [5.74, 6) is -0.278. The topological polar surface area (TPSA) is 119 Å². The highest BCUT2D eigenvalue weighted by molar-refractivity contribution is 7.92. The van der Waals surface area contributed by atoms with E-state index < -0.39 is 10.0 Å². The zero-order valence-corrected chi connectivity index (χ0v) is 18.9. The largest absolute Gasteiger partial charge is 0.298 e. The molecule has 0 saturated carbocycles. The van der Waals surface area contributed by atoms with Crippen LogP contribution in [0.4, 0.5) is 10.8 Å². The summed E-state index contributed by atoms with van der Waals surface area (Å²) in [7, 11) is -1.53. The van der Waals surface area contributed by atoms with Gasteiger partial charge >= 0.3 is 0 Å². The van der Waals surface area contributed by atoms with Crippen LogP contribution >= 0.6 is 11.3 Å². The molecule has 0 radical (unpaired) electrons. The van der Waals surface area contributed by atoms with E-state index in [1.807, 2.05) is 19.2 Å². The number of aryl methyl sites for hydroxylation is 3. The number of carbonyl (C=O) groups excluding carboxylic acids is 1. The Morgan fingerprint density at radius 3 is 2.52 bits per heavy atom. The molecule has 2 N–H and O–H groups in total. The van der Waals surface area contributed by atoms with Crippen molar-refractivity contribution in [1.29, 1.82) is 0 Å². The lowest BCUT2D eigenvalue weighted by Gasteiger charge is -2.06. The van der Waals surface area contributed by atoms with Gasteiger partial charge in [-0.3, -0.25) is 19.5 Å². The van der Waals surface area contributed by atoms with E-state index in [1.54, 1.807) is 42.1 Å². The number of sulfonamides is 1. The maximum atomic E-state index is 13.0. The first-order valence-electron chi connectivity index (χ1n) is 9.27. The molecule has 0 aliphatic rings. The smallest absolute Gasteiger partial charge is 0.258 e. The minimum atomic E-state index is -3.33. The third-order valence-corrected chi connectivity index (χ3v) is 5.91. The van der Waals surface area contributed by atoms with Gasteiger partial charge in [0, 0.05) is 29.4 Å². The maximum Gasteiger partial charge on any atom is 0.258 e. The van der Waals surface area contributed by atoms with Gasteiger partial charge in [0.05, 0.1) is 28.6 Å². The molecule has 3 heterocycles. The summed E-state index contributed by atoms with van der Waals surface area (Å²) in [4.78, 5) is 22.0. The highest BCUT2D eigenvalue weighted by atomic mass is 32.2. The molecule has 1 aromatic carbocycles. The first-order chi connectivity index (χ1) is 14.6. The van der Waals surface area contributed by atoms with Crippen LogP contribution in [0.15, 0.2) is 35.7 Å². The lowest BCUT2D eigenvalue weighted by molar-refractivity contribution is 0.102. The number of hydrogen-bond donors (Lipinski definition) is 2. The molecular formula is C20H20N6O3S2. The summed E-state index contributed by atoms with van der Waals surface area (Å²) in [5.41, 5.74) is 4.58. The summed E-state index contributed by atoms with van der Waals surface area (Å²) < 4.78 is 26.8. The summed E-state index contributed by atoms with van der Waals surface area (Å²) in [6.07, 6.45) is 1.10. The van der Waals surface area contributed by atoms with Crippen molar-refractivity contribution in [2.75, 3.05) is 16.3 Å². The highest BCUT2D eigenvalue weighted by Crippen LogP contribution is 2.28. The minimum absolute atomic E-state index is 0.278. The number of rotatable bonds is 5. The van der Waals surface area contributed by atoms with Crippen LogP contribution in [0.2, 0.25) is 0 Å². The molecule has 0 aliphatic carbocycles. The molecule has 31 heavy (non-hydrogen) atoms. The van der Waals surface area contributed by atoms with Crippen LogP contribution in [-0.4, -0.2) is 40.3 Å². The first-order valence-corrected chi connectivity index (χ1v) is 12.0. The van der Waals surface area contributed by atoms with Crippen LogP contribution in [0.5, 0.6) is 0 Å². The lowest BCUT2D eigenvalue weighted by atomic mass is 10.1. The second kappa shape index (κ2) is 7.75. The molecule has 0 saturated heterocycles. The molecule has 11 heteroatoms. The fraction of sp³-hybridized carbons (Fsp3) is 0.200. The van der Waals surface area contributed by atoms with Crippen molar-refractivity contribution in [3.8, 4) is 11.3 Å². The number of benzene rings is 1. The lowest BCUT2D eigenvalue weighted by Crippen LogP contribution is -2.13. The van der Waals surface area contributed by atoms with E-state index in [1.165, 1.54) is 11.3 Å². The molecule has 0 aliphatic heterocycles. The van der Waals surface area contributed by atoms with Crippen LogP contribution in [-0.2, 0) is 17.1 Å². The third kappa shape index (κ3) is 4.42. The second-order valence-electron chi connectivity index (χ2n) is 7.16. The Bertz CT molecular complexity index is 1400. The van der Waals surface area contributed by atoms with E-state index >= 15 is 0 Å². The molecule has 0 spiro atoms. The van der Waals surface area contributed by atoms with Gasteiger partial charge in [-0.25, -0.2) is 18.4 Å². The number of pyridine rings is 1. The monoisotopic (exact) mass is 456 g/mol. The van der Waals surface area contributed by atoms with Gasteiger partial charge in [0.25, 0.3) is 5.91 Å². The number of nitrogens with one attached hydrogen (secondary N) is 2. The molecule has 4 aromatic rings. The van der Waals surface area contributed by atoms with Crippen molar-refractivity contribution in [2.24, 2.45) is 7.05 Å². The van der Waals surface area contributed by atoms with Crippen LogP contribution in [0.25, 0.3) is 22.3 Å². The van der Waals surface area contributed by atoms with E-state index in [4.69, 9.17) is 0 Å². The number of amides is 1. The highest BCUT2D eigenvalue weighted by Gasteiger charge is 2.19. The first kappa shape index (κ1) is 20.9. The second-order valence-corrected chi connectivity index (χ2v) is 9.77. The van der Waals surface area contributed by atoms with Crippen molar-refractivity contribution in [2.45, 2.75) is 13.8 Å². The molecule has 160 valence electrons. The number of hydrogen-bond acceptors (Lipinski definition) is 7. The van der Waals surface area contributed by atoms with Crippen molar-refractivity contribution >= 4 is 49.1 Å². The van der Waals surface area contributed by atoms with E-state index in [0.29, 0.717) is 27.7 Å². The molecule has 0 fully saturated rings. The van der Waals surface area contributed by atoms with Gasteiger partial charge < -0.3 is 0 Å². The summed E-state index contributed by atoms with van der Waals surface area (Å²) in [6, 6.07) is 8.60. The minimum Gasteiger partial charge on any atom is -0.298 e. The average Bonchev–Trinajstić information content (AvgIpc) is 3.25. The average molecular weight is 457 g/mol. The molecule has 0 bridgehead atoms. The number of carbonyl (C=O) groups is 1. The Balaban J connectivity index is 1.57. The van der Waals surface area contributed by atoms with Crippen molar-refractivity contribution in [1.82, 2.24) is 19.7 Å². The van der Waals surface area contributed by atoms with Gasteiger partial charge in [0.1, 0.15) is 0 Å². The van der Waals surface area contributed by atoms with Crippen LogP contribution in [0.3, 0.4) is 0 Å². The molecule has 1 amide bonds. The van der Waals surface area contributed by atoms with E-state index in [-0.39, 0.29) is 5.91 Å². The normalized spacial score (nSPS) is 11.6. The molecule has 9 nitrogen and oxygen atoms in total. The zero-order valence-electron chi connectivity index (χ0n) is 17.3. The predicted molar refractivity (Wildman–Crippen MR) is 122 cm³/mol. The van der Waals surface area contributed by atoms with Gasteiger partial charge in [-0.15, -0.1) is 11.3 Å². The summed E-state index contributed by atoms with van der Waals surface area (Å²) >= 11 is 1.31. The SMILES string of the molecule is Cc1cc(C(=O)Nc2nc(-c3ccc(NS(C)(=O)=O)cc3)cs2)c2c(C)nn(C)c2n1. The number of fused-ring (bicyclic) bond motifs is 1. The third-order valence-electron chi connectivity index (χ3n) is 4.55. The number of anilines is 2. The van der Waals surface area contributed by atoms with Gasteiger partial charge in [-0.2, -0.15) is 5.10 Å². The van der Waals surface area contributed by atoms with Gasteiger partial charge in [0.2, 0.25) is 10.0 Å². The Morgan fingerprint density at radius 1 is 1.13 bits per heavy atom. The summed E-state index contributed by atoms with van der Waals surface area (Å²) in [6.45, 7) is 3.68. The molecule has 4 rings (SSSR count).